The molecule has 220 valence electrons. The Morgan fingerprint density at radius 2 is 1.26 bits per heavy atom. The fraction of sp³-hybridized carbons (Fsp3) is 0.773. The molecule has 0 bridgehead atoms. The van der Waals surface area contributed by atoms with Crippen molar-refractivity contribution in [1.29, 1.82) is 0 Å². The first-order valence-corrected chi connectivity index (χ1v) is 13.4. The molecule has 39 heavy (non-hydrogen) atoms. The van der Waals surface area contributed by atoms with Crippen LogP contribution in [0.15, 0.2) is 16.8 Å². The van der Waals surface area contributed by atoms with Crippen molar-refractivity contribution >= 4 is 28.0 Å². The van der Waals surface area contributed by atoms with Gasteiger partial charge in [0.05, 0.1) is 44.0 Å². The average Bonchev–Trinajstić information content (AvgIpc) is 2.83. The quantitative estimate of drug-likeness (QED) is 0.0500. The van der Waals surface area contributed by atoms with Crippen LogP contribution in [0.4, 0.5) is 0 Å². The summed E-state index contributed by atoms with van der Waals surface area (Å²) in [6.07, 6.45) is 1.98. The zero-order valence-electron chi connectivity index (χ0n) is 24.8. The van der Waals surface area contributed by atoms with Crippen LogP contribution in [-0.4, -0.2) is 64.5 Å². The van der Waals surface area contributed by atoms with E-state index >= 15 is 0 Å². The molecule has 4 atom stereocenters. The van der Waals surface area contributed by atoms with Gasteiger partial charge in [0.15, 0.2) is 0 Å². The van der Waals surface area contributed by atoms with Crippen molar-refractivity contribution in [3.8, 4) is 0 Å². The SMILES string of the molecule is CC=C(C)C(=O)OCC.CCOC(=O)[C@H](C)[C@@H](C)OS(C)(=O)=O.CCOC(=O)[C@H](C)[C@H](C)N=[N+]=[N-].[N-]=[N+]=[N-].[Na+]. The molecule has 0 aromatic heterocycles. The summed E-state index contributed by atoms with van der Waals surface area (Å²) in [4.78, 5) is 37.0. The molecule has 0 radical (unpaired) electrons. The molecule has 0 aliphatic carbocycles. The van der Waals surface area contributed by atoms with E-state index in [1.54, 1.807) is 54.5 Å². The zero-order valence-corrected chi connectivity index (χ0v) is 27.6. The normalized spacial score (nSPS) is 12.9. The first-order chi connectivity index (χ1) is 17.5. The van der Waals surface area contributed by atoms with Crippen molar-refractivity contribution in [2.45, 2.75) is 74.5 Å². The smallest absolute Gasteiger partial charge is 0.466 e. The predicted octanol–water partition coefficient (Wildman–Crippen LogP) is 1.82. The molecule has 0 aliphatic rings. The van der Waals surface area contributed by atoms with Crippen LogP contribution in [0.25, 0.3) is 26.4 Å². The number of hydrogen-bond acceptors (Lipinski definition) is 10. The van der Waals surface area contributed by atoms with E-state index < -0.39 is 28.1 Å². The molecule has 17 heteroatoms. The molecule has 0 amide bonds. The second-order valence-corrected chi connectivity index (χ2v) is 8.91. The number of hydrogen-bond donors (Lipinski definition) is 0. The van der Waals surface area contributed by atoms with Crippen LogP contribution < -0.4 is 29.6 Å². The van der Waals surface area contributed by atoms with Crippen LogP contribution in [0.1, 0.15) is 62.3 Å². The maximum absolute atomic E-state index is 11.2. The Morgan fingerprint density at radius 3 is 1.56 bits per heavy atom. The molecule has 0 fully saturated rings. The van der Waals surface area contributed by atoms with Gasteiger partial charge in [0.2, 0.25) is 0 Å². The number of carbonyl (C=O) groups is 3. The molecule has 0 rings (SSSR count). The summed E-state index contributed by atoms with van der Waals surface area (Å²) in [6.45, 7) is 16.3. The number of azide groups is 1. The minimum Gasteiger partial charge on any atom is -0.466 e. The largest absolute Gasteiger partial charge is 1.00 e. The number of allylic oxidation sites excluding steroid dienone is 1. The second-order valence-electron chi connectivity index (χ2n) is 7.31. The number of esters is 3. The predicted molar refractivity (Wildman–Crippen MR) is 142 cm³/mol. The summed E-state index contributed by atoms with van der Waals surface area (Å²) < 4.78 is 40.3. The Morgan fingerprint density at radius 1 is 0.872 bits per heavy atom. The van der Waals surface area contributed by atoms with Gasteiger partial charge in [-0.15, -0.1) is 0 Å². The van der Waals surface area contributed by atoms with E-state index in [1.807, 2.05) is 6.92 Å². The van der Waals surface area contributed by atoms with Crippen LogP contribution in [0, 0.1) is 11.8 Å². The van der Waals surface area contributed by atoms with E-state index in [1.165, 1.54) is 11.8 Å². The van der Waals surface area contributed by atoms with Crippen molar-refractivity contribution in [3.05, 3.63) is 38.1 Å². The van der Waals surface area contributed by atoms with Crippen LogP contribution in [0.3, 0.4) is 0 Å². The molecule has 0 spiro atoms. The summed E-state index contributed by atoms with van der Waals surface area (Å²) in [5, 5.41) is 3.41. The second kappa shape index (κ2) is 28.7. The molecule has 0 unspecified atom stereocenters. The van der Waals surface area contributed by atoms with Crippen molar-refractivity contribution in [2.75, 3.05) is 26.1 Å². The monoisotopic (exact) mass is 588 g/mol. The summed E-state index contributed by atoms with van der Waals surface area (Å²) >= 11 is 0. The maximum Gasteiger partial charge on any atom is 1.00 e. The zero-order chi connectivity index (χ0) is 30.9. The van der Waals surface area contributed by atoms with Gasteiger partial charge < -0.3 is 25.3 Å². The number of carbonyl (C=O) groups excluding carboxylic acids is 3. The summed E-state index contributed by atoms with van der Waals surface area (Å²) in [7, 11) is -3.52. The van der Waals surface area contributed by atoms with Crippen molar-refractivity contribution in [3.63, 3.8) is 0 Å². The van der Waals surface area contributed by atoms with E-state index in [-0.39, 0.29) is 60.1 Å². The molecule has 0 saturated carbocycles. The standard InChI is InChI=1S/C8H16O5S.C7H13N3O2.C7H12O2.N3.Na/c1-5-12-8(9)6(2)7(3)13-14(4,10)11;1-4-12-7(11)5(2)6(3)9-10-8;1-4-6(3)7(8)9-5-2;1-3-2;/h6-7H,5H2,1-4H3;5-6H,4H2,1-3H3;4H,5H2,1-3H3;;/q;;;-1;+1/t6-,7-;5-,6+;;;/m11.../s1. The Bertz CT molecular complexity index is 919. The van der Waals surface area contributed by atoms with Gasteiger partial charge in [-0.05, 0) is 54.0 Å². The Labute approximate surface area is 253 Å². The van der Waals surface area contributed by atoms with E-state index in [0.29, 0.717) is 18.8 Å². The van der Waals surface area contributed by atoms with Gasteiger partial charge in [0, 0.05) is 16.5 Å². The van der Waals surface area contributed by atoms with Gasteiger partial charge in [-0.1, -0.05) is 25.0 Å². The van der Waals surface area contributed by atoms with Gasteiger partial charge in [0.1, 0.15) is 0 Å². The van der Waals surface area contributed by atoms with Gasteiger partial charge >= 0.3 is 47.5 Å². The minimum atomic E-state index is -3.52. The van der Waals surface area contributed by atoms with Crippen LogP contribution in [0.5, 0.6) is 0 Å². The summed E-state index contributed by atoms with van der Waals surface area (Å²) in [6, 6.07) is -0.353. The molecule has 0 aromatic rings. The van der Waals surface area contributed by atoms with Gasteiger partial charge in [-0.2, -0.15) is 8.42 Å². The van der Waals surface area contributed by atoms with Crippen molar-refractivity contribution in [2.24, 2.45) is 17.0 Å². The first kappa shape index (κ1) is 46.5. The Kier molecular flexibility index (Phi) is 34.2. The van der Waals surface area contributed by atoms with E-state index in [2.05, 4.69) is 18.9 Å². The Balaban J connectivity index is -0.000000142. The molecule has 0 aliphatic heterocycles. The Hall–Kier alpha value is -2.32. The van der Waals surface area contributed by atoms with Crippen molar-refractivity contribution in [1.82, 2.24) is 0 Å². The van der Waals surface area contributed by atoms with Gasteiger partial charge in [0.25, 0.3) is 10.1 Å². The number of nitrogens with zero attached hydrogens (tertiary/aromatic N) is 6. The fourth-order valence-electron chi connectivity index (χ4n) is 1.84. The molecule has 0 aromatic carbocycles. The topological polar surface area (TPSA) is 230 Å². The molecule has 0 N–H and O–H groups in total. The van der Waals surface area contributed by atoms with Crippen LogP contribution in [0.2, 0.25) is 0 Å². The van der Waals surface area contributed by atoms with Crippen LogP contribution in [-0.2, 0) is 42.9 Å². The molecule has 15 nitrogen and oxygen atoms in total. The number of rotatable bonds is 11. The number of ether oxygens (including phenoxy) is 3. The van der Waals surface area contributed by atoms with Gasteiger partial charge in [-0.25, -0.2) is 4.79 Å². The van der Waals surface area contributed by atoms with Crippen molar-refractivity contribution < 1.29 is 70.8 Å². The van der Waals surface area contributed by atoms with Crippen LogP contribution >= 0.6 is 0 Å². The molecular weight excluding hydrogens is 547 g/mol. The summed E-state index contributed by atoms with van der Waals surface area (Å²) in [5.74, 6) is -1.97. The average molecular weight is 589 g/mol. The molecular formula is C22H41N6NaO9S. The third-order valence-corrected chi connectivity index (χ3v) is 4.99. The third kappa shape index (κ3) is 30.1. The van der Waals surface area contributed by atoms with E-state index in [9.17, 15) is 22.8 Å². The third-order valence-electron chi connectivity index (χ3n) is 4.34. The molecule has 0 heterocycles. The summed E-state index contributed by atoms with van der Waals surface area (Å²) in [5.41, 5.74) is 22.3. The van der Waals surface area contributed by atoms with E-state index in [0.717, 1.165) is 6.26 Å². The van der Waals surface area contributed by atoms with Gasteiger partial charge in [-0.3, -0.25) is 18.7 Å². The molecule has 0 saturated heterocycles. The minimum absolute atomic E-state index is 0. The fourth-order valence-corrected chi connectivity index (χ4v) is 2.56. The first-order valence-electron chi connectivity index (χ1n) is 11.6. The maximum atomic E-state index is 11.2. The van der Waals surface area contributed by atoms with E-state index in [4.69, 9.17) is 26.1 Å².